The highest BCUT2D eigenvalue weighted by molar-refractivity contribution is 5.95. The number of ether oxygens (including phenoxy) is 4. The molecule has 0 aliphatic carbocycles. The van der Waals surface area contributed by atoms with E-state index in [1.165, 1.54) is 0 Å². The second-order valence-electron chi connectivity index (χ2n) is 5.30. The van der Waals surface area contributed by atoms with Crippen molar-refractivity contribution >= 4 is 12.0 Å². The van der Waals surface area contributed by atoms with Crippen LogP contribution in [0.4, 0.5) is 0 Å². The van der Waals surface area contributed by atoms with Gasteiger partial charge in [0.25, 0.3) is 0 Å². The summed E-state index contributed by atoms with van der Waals surface area (Å²) in [6, 6.07) is 5.63. The van der Waals surface area contributed by atoms with Crippen molar-refractivity contribution in [2.24, 2.45) is 0 Å². The third kappa shape index (κ3) is 3.25. The first kappa shape index (κ1) is 14.9. The topological polar surface area (TPSA) is 54.0 Å². The van der Waals surface area contributed by atoms with Gasteiger partial charge in [0.05, 0.1) is 18.3 Å². The molecule has 3 rings (SSSR count). The smallest absolute Gasteiger partial charge is 0.337 e. The van der Waals surface area contributed by atoms with Crippen LogP contribution in [-0.2, 0) is 14.3 Å². The molecule has 0 spiro atoms. The van der Waals surface area contributed by atoms with Crippen LogP contribution in [0.3, 0.4) is 0 Å². The molecule has 2 aliphatic rings. The van der Waals surface area contributed by atoms with Gasteiger partial charge in [0.2, 0.25) is 0 Å². The Labute approximate surface area is 129 Å². The van der Waals surface area contributed by atoms with E-state index in [9.17, 15) is 4.79 Å². The quantitative estimate of drug-likeness (QED) is 0.783. The Morgan fingerprint density at radius 3 is 3.09 bits per heavy atom. The molecule has 0 saturated carbocycles. The normalized spacial score (nSPS) is 19.9. The lowest BCUT2D eigenvalue weighted by molar-refractivity contribution is -0.142. The largest absolute Gasteiger partial charge is 0.490 e. The molecule has 1 aromatic rings. The molecule has 0 amide bonds. The molecule has 5 heteroatoms. The Hall–Kier alpha value is -2.01. The Balaban J connectivity index is 1.67. The van der Waals surface area contributed by atoms with E-state index in [-0.39, 0.29) is 18.7 Å². The fourth-order valence-electron chi connectivity index (χ4n) is 2.60. The van der Waals surface area contributed by atoms with Crippen molar-refractivity contribution in [3.8, 4) is 11.5 Å². The summed E-state index contributed by atoms with van der Waals surface area (Å²) in [5.41, 5.74) is 1.35. The van der Waals surface area contributed by atoms with Gasteiger partial charge in [-0.25, -0.2) is 4.79 Å². The van der Waals surface area contributed by atoms with Crippen LogP contribution in [0.25, 0.3) is 6.08 Å². The fourth-order valence-corrected chi connectivity index (χ4v) is 2.60. The first-order valence-electron chi connectivity index (χ1n) is 7.66. The van der Waals surface area contributed by atoms with E-state index in [0.29, 0.717) is 30.3 Å². The number of rotatable bonds is 5. The second-order valence-corrected chi connectivity index (χ2v) is 5.30. The van der Waals surface area contributed by atoms with Gasteiger partial charge in [-0.15, -0.1) is 0 Å². The Bertz CT molecular complexity index is 572. The van der Waals surface area contributed by atoms with Crippen molar-refractivity contribution in [2.75, 3.05) is 26.4 Å². The second kappa shape index (κ2) is 6.83. The number of fused-ring (bicyclic) bond motifs is 1. The summed E-state index contributed by atoms with van der Waals surface area (Å²) in [7, 11) is 0. The molecule has 5 nitrogen and oxygen atoms in total. The minimum Gasteiger partial charge on any atom is -0.490 e. The van der Waals surface area contributed by atoms with Crippen LogP contribution in [-0.4, -0.2) is 38.5 Å². The lowest BCUT2D eigenvalue weighted by Crippen LogP contribution is -2.22. The molecule has 1 saturated heterocycles. The van der Waals surface area contributed by atoms with Crippen molar-refractivity contribution in [3.63, 3.8) is 0 Å². The van der Waals surface area contributed by atoms with Gasteiger partial charge < -0.3 is 18.9 Å². The van der Waals surface area contributed by atoms with E-state index in [4.69, 9.17) is 18.9 Å². The molecule has 2 aliphatic heterocycles. The van der Waals surface area contributed by atoms with Gasteiger partial charge in [0.15, 0.2) is 11.5 Å². The zero-order valence-electron chi connectivity index (χ0n) is 12.7. The van der Waals surface area contributed by atoms with Crippen LogP contribution in [0.5, 0.6) is 11.5 Å². The molecule has 2 heterocycles. The SMILES string of the molecule is CCOc1cccc2c1OCC(C(=O)OCC1CCCO1)=C2. The monoisotopic (exact) mass is 304 g/mol. The number of carbonyl (C=O) groups excluding carboxylic acids is 1. The average molecular weight is 304 g/mol. The predicted octanol–water partition coefficient (Wildman–Crippen LogP) is 2.58. The molecule has 0 radical (unpaired) electrons. The summed E-state index contributed by atoms with van der Waals surface area (Å²) >= 11 is 0. The standard InChI is InChI=1S/C17H20O5/c1-2-19-15-7-3-5-12-9-13(10-21-16(12)15)17(18)22-11-14-6-4-8-20-14/h3,5,7,9,14H,2,4,6,8,10-11H2,1H3. The van der Waals surface area contributed by atoms with Gasteiger partial charge in [-0.1, -0.05) is 12.1 Å². The fraction of sp³-hybridized carbons (Fsp3) is 0.471. The summed E-state index contributed by atoms with van der Waals surface area (Å²) in [6.45, 7) is 3.75. The van der Waals surface area contributed by atoms with Gasteiger partial charge in [-0.2, -0.15) is 0 Å². The van der Waals surface area contributed by atoms with Gasteiger partial charge >= 0.3 is 5.97 Å². The molecule has 0 N–H and O–H groups in total. The summed E-state index contributed by atoms with van der Waals surface area (Å²) < 4.78 is 22.0. The van der Waals surface area contributed by atoms with Crippen LogP contribution < -0.4 is 9.47 Å². The van der Waals surface area contributed by atoms with Crippen LogP contribution >= 0.6 is 0 Å². The summed E-state index contributed by atoms with van der Waals surface area (Å²) in [5.74, 6) is 1.03. The van der Waals surface area contributed by atoms with Crippen molar-refractivity contribution in [1.82, 2.24) is 0 Å². The predicted molar refractivity (Wildman–Crippen MR) is 81.0 cm³/mol. The maximum atomic E-state index is 12.1. The maximum Gasteiger partial charge on any atom is 0.337 e. The maximum absolute atomic E-state index is 12.1. The van der Waals surface area contributed by atoms with Crippen LogP contribution in [0.1, 0.15) is 25.3 Å². The van der Waals surface area contributed by atoms with E-state index in [0.717, 1.165) is 25.0 Å². The number of benzene rings is 1. The highest BCUT2D eigenvalue weighted by atomic mass is 16.6. The zero-order chi connectivity index (χ0) is 15.4. The van der Waals surface area contributed by atoms with Crippen molar-refractivity contribution in [3.05, 3.63) is 29.3 Å². The number of carbonyl (C=O) groups is 1. The van der Waals surface area contributed by atoms with Crippen LogP contribution in [0.2, 0.25) is 0 Å². The molecule has 1 fully saturated rings. The number of hydrogen-bond acceptors (Lipinski definition) is 5. The van der Waals surface area contributed by atoms with Gasteiger partial charge in [-0.05, 0) is 31.9 Å². The van der Waals surface area contributed by atoms with Crippen molar-refractivity contribution in [2.45, 2.75) is 25.9 Å². The van der Waals surface area contributed by atoms with E-state index in [1.54, 1.807) is 6.08 Å². The van der Waals surface area contributed by atoms with E-state index in [1.807, 2.05) is 25.1 Å². The summed E-state index contributed by atoms with van der Waals surface area (Å²) in [6.07, 6.45) is 3.82. The molecular formula is C17H20O5. The number of hydrogen-bond donors (Lipinski definition) is 0. The van der Waals surface area contributed by atoms with Crippen molar-refractivity contribution < 1.29 is 23.7 Å². The third-order valence-corrected chi connectivity index (χ3v) is 3.70. The van der Waals surface area contributed by atoms with Crippen molar-refractivity contribution in [1.29, 1.82) is 0 Å². The first-order valence-corrected chi connectivity index (χ1v) is 7.66. The third-order valence-electron chi connectivity index (χ3n) is 3.70. The van der Waals surface area contributed by atoms with E-state index in [2.05, 4.69) is 0 Å². The lowest BCUT2D eigenvalue weighted by atomic mass is 10.1. The van der Waals surface area contributed by atoms with E-state index >= 15 is 0 Å². The molecule has 118 valence electrons. The van der Waals surface area contributed by atoms with Crippen LogP contribution in [0.15, 0.2) is 23.8 Å². The molecule has 1 unspecified atom stereocenters. The molecular weight excluding hydrogens is 284 g/mol. The highest BCUT2D eigenvalue weighted by Gasteiger charge is 2.23. The molecule has 1 atom stereocenters. The van der Waals surface area contributed by atoms with E-state index < -0.39 is 0 Å². The zero-order valence-corrected chi connectivity index (χ0v) is 12.7. The summed E-state index contributed by atoms with van der Waals surface area (Å²) in [4.78, 5) is 12.1. The average Bonchev–Trinajstić information content (AvgIpc) is 3.06. The molecule has 0 aromatic heterocycles. The lowest BCUT2D eigenvalue weighted by Gasteiger charge is -2.20. The highest BCUT2D eigenvalue weighted by Crippen LogP contribution is 2.35. The molecule has 1 aromatic carbocycles. The number of esters is 1. The van der Waals surface area contributed by atoms with Crippen LogP contribution in [0, 0.1) is 0 Å². The van der Waals surface area contributed by atoms with Gasteiger partial charge in [-0.3, -0.25) is 0 Å². The number of para-hydroxylation sites is 1. The first-order chi connectivity index (χ1) is 10.8. The van der Waals surface area contributed by atoms with Gasteiger partial charge in [0, 0.05) is 12.2 Å². The Morgan fingerprint density at radius 2 is 2.32 bits per heavy atom. The van der Waals surface area contributed by atoms with Gasteiger partial charge in [0.1, 0.15) is 13.2 Å². The Kier molecular flexibility index (Phi) is 4.63. The minimum atomic E-state index is -0.344. The molecule has 0 bridgehead atoms. The summed E-state index contributed by atoms with van der Waals surface area (Å²) in [5, 5.41) is 0. The molecule has 22 heavy (non-hydrogen) atoms. The Morgan fingerprint density at radius 1 is 1.41 bits per heavy atom. The minimum absolute atomic E-state index is 0.0332.